The largest absolute Gasteiger partial charge is 0.433 e. The van der Waals surface area contributed by atoms with Gasteiger partial charge in [-0.1, -0.05) is 15.9 Å². The molecule has 8 heteroatoms. The predicted molar refractivity (Wildman–Crippen MR) is 51.5 cm³/mol. The minimum atomic E-state index is -4.86. The van der Waals surface area contributed by atoms with Gasteiger partial charge in [0, 0.05) is 10.9 Å². The lowest BCUT2D eigenvalue weighted by atomic mass is 10.1. The first-order valence-electron chi connectivity index (χ1n) is 4.16. The van der Waals surface area contributed by atoms with Gasteiger partial charge in [-0.3, -0.25) is 0 Å². The third-order valence-electron chi connectivity index (χ3n) is 1.91. The Hall–Kier alpha value is -1.23. The van der Waals surface area contributed by atoms with Crippen molar-refractivity contribution in [3.8, 4) is 6.07 Å². The molecule has 0 aliphatic carbocycles. The highest BCUT2D eigenvalue weighted by molar-refractivity contribution is 9.08. The van der Waals surface area contributed by atoms with Crippen LogP contribution in [-0.2, 0) is 11.5 Å². The van der Waals surface area contributed by atoms with Gasteiger partial charge in [0.25, 0.3) is 6.43 Å². The van der Waals surface area contributed by atoms with E-state index < -0.39 is 29.6 Å². The van der Waals surface area contributed by atoms with Crippen LogP contribution < -0.4 is 0 Å². The van der Waals surface area contributed by atoms with Gasteiger partial charge in [-0.2, -0.15) is 18.4 Å². The van der Waals surface area contributed by atoms with Gasteiger partial charge in [0.2, 0.25) is 0 Å². The summed E-state index contributed by atoms with van der Waals surface area (Å²) < 4.78 is 62.1. The maximum absolute atomic E-state index is 12.5. The van der Waals surface area contributed by atoms with Crippen molar-refractivity contribution < 1.29 is 22.0 Å². The molecule has 0 fully saturated rings. The van der Waals surface area contributed by atoms with Crippen molar-refractivity contribution in [2.45, 2.75) is 17.9 Å². The predicted octanol–water partition coefficient (Wildman–Crippen LogP) is 3.80. The summed E-state index contributed by atoms with van der Waals surface area (Å²) in [6, 6.07) is 1.91. The average molecular weight is 315 g/mol. The lowest BCUT2D eigenvalue weighted by molar-refractivity contribution is -0.141. The monoisotopic (exact) mass is 314 g/mol. The van der Waals surface area contributed by atoms with E-state index >= 15 is 0 Å². The Morgan fingerprint density at radius 3 is 2.35 bits per heavy atom. The second kappa shape index (κ2) is 4.96. The van der Waals surface area contributed by atoms with Gasteiger partial charge in [-0.05, 0) is 6.07 Å². The fourth-order valence-electron chi connectivity index (χ4n) is 1.16. The first kappa shape index (κ1) is 13.8. The molecule has 0 spiro atoms. The molecule has 0 saturated heterocycles. The van der Waals surface area contributed by atoms with E-state index in [-0.39, 0.29) is 10.9 Å². The highest BCUT2D eigenvalue weighted by Crippen LogP contribution is 2.33. The van der Waals surface area contributed by atoms with Crippen molar-refractivity contribution in [3.05, 3.63) is 28.6 Å². The van der Waals surface area contributed by atoms with Gasteiger partial charge in [0.1, 0.15) is 11.4 Å². The Balaban J connectivity index is 3.53. The molecule has 1 aromatic rings. The third-order valence-corrected chi connectivity index (χ3v) is 2.47. The second-order valence-corrected chi connectivity index (χ2v) is 3.52. The molecule has 1 rings (SSSR count). The van der Waals surface area contributed by atoms with Gasteiger partial charge in [-0.25, -0.2) is 13.8 Å². The molecule has 92 valence electrons. The van der Waals surface area contributed by atoms with Crippen molar-refractivity contribution >= 4 is 15.9 Å². The molecule has 0 bridgehead atoms. The number of hydrogen-bond acceptors (Lipinski definition) is 2. The van der Waals surface area contributed by atoms with E-state index in [4.69, 9.17) is 5.26 Å². The van der Waals surface area contributed by atoms with Crippen LogP contribution in [0.1, 0.15) is 28.9 Å². The van der Waals surface area contributed by atoms with Crippen molar-refractivity contribution in [1.82, 2.24) is 4.98 Å². The molecular weight excluding hydrogens is 311 g/mol. The molecule has 17 heavy (non-hydrogen) atoms. The van der Waals surface area contributed by atoms with E-state index in [9.17, 15) is 22.0 Å². The van der Waals surface area contributed by atoms with Crippen molar-refractivity contribution in [2.75, 3.05) is 0 Å². The Kier molecular flexibility index (Phi) is 4.03. The molecule has 0 aromatic carbocycles. The fourth-order valence-corrected chi connectivity index (χ4v) is 1.75. The van der Waals surface area contributed by atoms with Crippen LogP contribution in [0.4, 0.5) is 22.0 Å². The fraction of sp³-hybridized carbons (Fsp3) is 0.333. The summed E-state index contributed by atoms with van der Waals surface area (Å²) >= 11 is 2.84. The summed E-state index contributed by atoms with van der Waals surface area (Å²) in [6.45, 7) is 0. The molecule has 0 aliphatic rings. The lowest BCUT2D eigenvalue weighted by Crippen LogP contribution is -2.12. The van der Waals surface area contributed by atoms with E-state index in [2.05, 4.69) is 20.9 Å². The summed E-state index contributed by atoms with van der Waals surface area (Å²) in [5, 5.41) is 8.47. The van der Waals surface area contributed by atoms with Crippen molar-refractivity contribution in [1.29, 1.82) is 5.26 Å². The van der Waals surface area contributed by atoms with Crippen LogP contribution in [0.2, 0.25) is 0 Å². The van der Waals surface area contributed by atoms with E-state index in [1.54, 1.807) is 0 Å². The van der Waals surface area contributed by atoms with E-state index in [1.165, 1.54) is 6.07 Å². The topological polar surface area (TPSA) is 36.7 Å². The maximum Gasteiger partial charge on any atom is 0.433 e. The summed E-state index contributed by atoms with van der Waals surface area (Å²) in [4.78, 5) is 2.87. The summed E-state index contributed by atoms with van der Waals surface area (Å²) in [5.74, 6) is 0. The number of aromatic nitrogens is 1. The van der Waals surface area contributed by atoms with Crippen molar-refractivity contribution in [3.63, 3.8) is 0 Å². The zero-order valence-electron chi connectivity index (χ0n) is 8.02. The van der Waals surface area contributed by atoms with Gasteiger partial charge in [0.05, 0.1) is 11.6 Å². The summed E-state index contributed by atoms with van der Waals surface area (Å²) in [5.41, 5.74) is -3.20. The summed E-state index contributed by atoms with van der Waals surface area (Å²) in [6.07, 6.45) is -8.03. The Bertz CT molecular complexity index is 464. The highest BCUT2D eigenvalue weighted by atomic mass is 79.9. The van der Waals surface area contributed by atoms with Gasteiger partial charge < -0.3 is 0 Å². The molecule has 0 atom stereocenters. The molecule has 1 aromatic heterocycles. The maximum atomic E-state index is 12.5. The van der Waals surface area contributed by atoms with Crippen LogP contribution in [0.5, 0.6) is 0 Å². The normalized spacial score (nSPS) is 11.6. The minimum Gasteiger partial charge on any atom is -0.242 e. The van der Waals surface area contributed by atoms with Crippen LogP contribution in [0.25, 0.3) is 0 Å². The first-order valence-corrected chi connectivity index (χ1v) is 5.28. The number of alkyl halides is 6. The van der Waals surface area contributed by atoms with Crippen LogP contribution >= 0.6 is 15.9 Å². The number of rotatable bonds is 2. The number of nitriles is 1. The van der Waals surface area contributed by atoms with Crippen molar-refractivity contribution in [2.24, 2.45) is 0 Å². The summed E-state index contributed by atoms with van der Waals surface area (Å²) in [7, 11) is 0. The SMILES string of the molecule is N#Cc1cc(C(F)(F)F)nc(C(F)F)c1CBr. The molecular formula is C9H4BrF5N2. The van der Waals surface area contributed by atoms with Gasteiger partial charge in [0.15, 0.2) is 0 Å². The van der Waals surface area contributed by atoms with E-state index in [0.29, 0.717) is 6.07 Å². The van der Waals surface area contributed by atoms with Crippen LogP contribution in [0.3, 0.4) is 0 Å². The van der Waals surface area contributed by atoms with Crippen LogP contribution in [0, 0.1) is 11.3 Å². The molecule has 0 N–H and O–H groups in total. The van der Waals surface area contributed by atoms with E-state index in [1.807, 2.05) is 0 Å². The Morgan fingerprint density at radius 1 is 1.41 bits per heavy atom. The average Bonchev–Trinajstić information content (AvgIpc) is 2.25. The number of pyridine rings is 1. The molecule has 0 aliphatic heterocycles. The zero-order valence-corrected chi connectivity index (χ0v) is 9.61. The number of hydrogen-bond donors (Lipinski definition) is 0. The Labute approximate surface area is 101 Å². The van der Waals surface area contributed by atoms with Gasteiger partial charge in [-0.15, -0.1) is 0 Å². The van der Waals surface area contributed by atoms with Crippen LogP contribution in [-0.4, -0.2) is 4.98 Å². The second-order valence-electron chi connectivity index (χ2n) is 2.96. The molecule has 1 heterocycles. The minimum absolute atomic E-state index is 0.166. The Morgan fingerprint density at radius 2 is 2.00 bits per heavy atom. The lowest BCUT2D eigenvalue weighted by Gasteiger charge is -2.12. The molecule has 0 saturated carbocycles. The zero-order chi connectivity index (χ0) is 13.2. The highest BCUT2D eigenvalue weighted by Gasteiger charge is 2.35. The smallest absolute Gasteiger partial charge is 0.242 e. The van der Waals surface area contributed by atoms with Crippen LogP contribution in [0.15, 0.2) is 6.07 Å². The third kappa shape index (κ3) is 2.91. The first-order chi connectivity index (χ1) is 7.81. The van der Waals surface area contributed by atoms with Gasteiger partial charge >= 0.3 is 6.18 Å². The standard InChI is InChI=1S/C9H4BrF5N2/c10-2-5-4(3-16)1-6(9(13,14)15)17-7(5)8(11)12/h1,8H,2H2. The molecule has 0 amide bonds. The quantitative estimate of drug-likeness (QED) is 0.615. The molecule has 2 nitrogen and oxygen atoms in total. The molecule has 0 radical (unpaired) electrons. The molecule has 0 unspecified atom stereocenters. The van der Waals surface area contributed by atoms with E-state index in [0.717, 1.165) is 0 Å². The number of nitrogens with zero attached hydrogens (tertiary/aromatic N) is 2. The number of halogens is 6.